The molecule has 0 aromatic heterocycles. The Bertz CT molecular complexity index is 590. The Kier molecular flexibility index (Phi) is 23.5. The summed E-state index contributed by atoms with van der Waals surface area (Å²) in [6, 6.07) is 0. The Balaban J connectivity index is 0.0000144. The van der Waals surface area contributed by atoms with Crippen LogP contribution < -0.4 is 24.0 Å². The number of aliphatic hydroxyl groups excluding tert-OH is 3. The van der Waals surface area contributed by atoms with Crippen LogP contribution in [0.5, 0.6) is 0 Å². The molecule has 0 aromatic carbocycles. The lowest BCUT2D eigenvalue weighted by Gasteiger charge is -2.40. The van der Waals surface area contributed by atoms with Gasteiger partial charge < -0.3 is 58.0 Å². The second-order valence-corrected chi connectivity index (χ2v) is 12.1. The number of hydrogen-bond acceptors (Lipinski definition) is 7. The van der Waals surface area contributed by atoms with E-state index in [9.17, 15) is 20.1 Å². The zero-order valence-electron chi connectivity index (χ0n) is 25.3. The summed E-state index contributed by atoms with van der Waals surface area (Å²) in [6.07, 6.45) is 14.0. The molecule has 0 saturated carbocycles. The van der Waals surface area contributed by atoms with E-state index in [4.69, 9.17) is 14.2 Å². The number of aliphatic hydroxyl groups is 3. The summed E-state index contributed by atoms with van der Waals surface area (Å²) in [5.74, 6) is -0.337. The lowest BCUT2D eigenvalue weighted by atomic mass is 9.99. The van der Waals surface area contributed by atoms with Crippen LogP contribution in [0.1, 0.15) is 116 Å². The van der Waals surface area contributed by atoms with Crippen LogP contribution in [-0.2, 0) is 19.0 Å². The second kappa shape index (κ2) is 23.5. The molecule has 0 spiro atoms. The maximum atomic E-state index is 12.2. The van der Waals surface area contributed by atoms with Crippen LogP contribution in [0.25, 0.3) is 0 Å². The van der Waals surface area contributed by atoms with E-state index >= 15 is 0 Å². The molecule has 0 bridgehead atoms. The number of esters is 1. The molecule has 1 rings (SSSR count). The van der Waals surface area contributed by atoms with Crippen molar-refractivity contribution in [3.8, 4) is 0 Å². The van der Waals surface area contributed by atoms with Gasteiger partial charge in [0.15, 0.2) is 6.29 Å². The van der Waals surface area contributed by atoms with Crippen molar-refractivity contribution in [1.82, 2.24) is 0 Å². The average molecular weight is 674 g/mol. The van der Waals surface area contributed by atoms with Gasteiger partial charge in [-0.05, 0) is 6.42 Å². The van der Waals surface area contributed by atoms with Crippen LogP contribution >= 0.6 is 0 Å². The van der Waals surface area contributed by atoms with Crippen LogP contribution in [0, 0.1) is 0 Å². The number of carbonyl (C=O) groups is 1. The van der Waals surface area contributed by atoms with E-state index < -0.39 is 30.7 Å². The van der Waals surface area contributed by atoms with Crippen LogP contribution in [0.2, 0.25) is 0 Å². The predicted molar refractivity (Wildman–Crippen MR) is 151 cm³/mol. The van der Waals surface area contributed by atoms with Gasteiger partial charge in [-0.25, -0.2) is 0 Å². The Hall–Kier alpha value is -0.0400. The van der Waals surface area contributed by atoms with Crippen molar-refractivity contribution in [2.24, 2.45) is 0 Å². The van der Waals surface area contributed by atoms with E-state index in [0.717, 1.165) is 36.7 Å². The van der Waals surface area contributed by atoms with Crippen molar-refractivity contribution >= 4 is 5.97 Å². The highest BCUT2D eigenvalue weighted by Crippen LogP contribution is 2.23. The summed E-state index contributed by atoms with van der Waals surface area (Å²) in [5, 5.41) is 30.6. The second-order valence-electron chi connectivity index (χ2n) is 12.1. The van der Waals surface area contributed by atoms with E-state index in [1.807, 2.05) is 0 Å². The fourth-order valence-electron chi connectivity index (χ4n) is 4.82. The van der Waals surface area contributed by atoms with Gasteiger partial charge in [-0.1, -0.05) is 96.8 Å². The van der Waals surface area contributed by atoms with Gasteiger partial charge in [0.25, 0.3) is 0 Å². The Morgan fingerprint density at radius 3 is 1.69 bits per heavy atom. The number of quaternary nitrogens is 1. The molecule has 1 fully saturated rings. The molecule has 0 radical (unpaired) electrons. The molecule has 5 atom stereocenters. The third kappa shape index (κ3) is 19.7. The highest BCUT2D eigenvalue weighted by Gasteiger charge is 2.44. The predicted octanol–water partition coefficient (Wildman–Crippen LogP) is 1.72. The average Bonchev–Trinajstić information content (AvgIpc) is 2.87. The number of ether oxygens (including phenoxy) is 3. The van der Waals surface area contributed by atoms with Gasteiger partial charge in [0.05, 0.1) is 34.3 Å². The summed E-state index contributed by atoms with van der Waals surface area (Å²) >= 11 is 0. The minimum Gasteiger partial charge on any atom is -1.00 e. The van der Waals surface area contributed by atoms with Crippen molar-refractivity contribution in [2.45, 2.75) is 147 Å². The maximum Gasteiger partial charge on any atom is 0.305 e. The van der Waals surface area contributed by atoms with Crippen molar-refractivity contribution in [3.05, 3.63) is 0 Å². The van der Waals surface area contributed by atoms with E-state index in [1.165, 1.54) is 77.0 Å². The fraction of sp³-hybridized carbons (Fsp3) is 0.967. The highest BCUT2D eigenvalue weighted by atomic mass is 127. The van der Waals surface area contributed by atoms with E-state index in [-0.39, 0.29) is 36.6 Å². The Morgan fingerprint density at radius 1 is 0.718 bits per heavy atom. The Labute approximate surface area is 255 Å². The van der Waals surface area contributed by atoms with Crippen molar-refractivity contribution in [2.75, 3.05) is 40.9 Å². The topological polar surface area (TPSA) is 105 Å². The number of nitrogens with zero attached hydrogens (tertiary/aromatic N) is 1. The van der Waals surface area contributed by atoms with Gasteiger partial charge in [0, 0.05) is 12.8 Å². The quantitative estimate of drug-likeness (QED) is 0.0657. The monoisotopic (exact) mass is 673 g/mol. The highest BCUT2D eigenvalue weighted by molar-refractivity contribution is 5.69. The summed E-state index contributed by atoms with van der Waals surface area (Å²) in [6.45, 7) is 3.32. The van der Waals surface area contributed by atoms with E-state index in [0.29, 0.717) is 13.0 Å². The number of unbranched alkanes of at least 4 members (excludes halogenated alkanes) is 14. The van der Waals surface area contributed by atoms with Crippen molar-refractivity contribution in [1.29, 1.82) is 0 Å². The molecule has 1 heterocycles. The van der Waals surface area contributed by atoms with Gasteiger partial charge in [0.2, 0.25) is 0 Å². The van der Waals surface area contributed by atoms with Crippen LogP contribution in [0.15, 0.2) is 0 Å². The van der Waals surface area contributed by atoms with Crippen molar-refractivity contribution < 1.29 is 62.8 Å². The third-order valence-electron chi connectivity index (χ3n) is 7.32. The lowest BCUT2D eigenvalue weighted by molar-refractivity contribution is -0.870. The molecule has 0 amide bonds. The summed E-state index contributed by atoms with van der Waals surface area (Å²) < 4.78 is 17.3. The molecular formula is C30H60INO7. The number of carbonyl (C=O) groups excluding carboxylic acids is 1. The molecule has 9 heteroatoms. The maximum absolute atomic E-state index is 12.2. The Morgan fingerprint density at radius 2 is 1.21 bits per heavy atom. The normalized spacial score (nSPS) is 23.4. The molecular weight excluding hydrogens is 613 g/mol. The first-order valence-corrected chi connectivity index (χ1v) is 15.4. The summed E-state index contributed by atoms with van der Waals surface area (Å²) in [4.78, 5) is 12.2. The minimum atomic E-state index is -1.42. The SMILES string of the molecule is CCCCCCCCCCCCCCCCCC(=O)OCC1OC(OCCC[N+](C)(C)C)C(O)C(O)C1O.[I-]. The van der Waals surface area contributed by atoms with Gasteiger partial charge in [-0.2, -0.15) is 0 Å². The first kappa shape index (κ1) is 39.0. The number of halogens is 1. The van der Waals surface area contributed by atoms with E-state index in [2.05, 4.69) is 28.1 Å². The van der Waals surface area contributed by atoms with Crippen molar-refractivity contribution in [3.63, 3.8) is 0 Å². The minimum absolute atomic E-state index is 0. The largest absolute Gasteiger partial charge is 1.00 e. The third-order valence-corrected chi connectivity index (χ3v) is 7.32. The molecule has 1 saturated heterocycles. The molecule has 1 aliphatic rings. The summed E-state index contributed by atoms with van der Waals surface area (Å²) in [7, 11) is 6.24. The molecule has 8 nitrogen and oxygen atoms in total. The first-order chi connectivity index (χ1) is 18.2. The lowest BCUT2D eigenvalue weighted by Crippen LogP contribution is -3.00. The van der Waals surface area contributed by atoms with Crippen LogP contribution in [0.4, 0.5) is 0 Å². The van der Waals surface area contributed by atoms with Crippen LogP contribution in [-0.4, -0.2) is 97.4 Å². The molecule has 3 N–H and O–H groups in total. The van der Waals surface area contributed by atoms with Crippen LogP contribution in [0.3, 0.4) is 0 Å². The van der Waals surface area contributed by atoms with Gasteiger partial charge in [-0.3, -0.25) is 4.79 Å². The van der Waals surface area contributed by atoms with Gasteiger partial charge in [0.1, 0.15) is 31.0 Å². The number of rotatable bonds is 23. The summed E-state index contributed by atoms with van der Waals surface area (Å²) in [5.41, 5.74) is 0. The number of hydrogen-bond donors (Lipinski definition) is 3. The first-order valence-electron chi connectivity index (χ1n) is 15.4. The molecule has 39 heavy (non-hydrogen) atoms. The molecule has 0 aromatic rings. The molecule has 5 unspecified atom stereocenters. The molecule has 1 aliphatic heterocycles. The molecule has 234 valence electrons. The van der Waals surface area contributed by atoms with Gasteiger partial charge in [-0.15, -0.1) is 0 Å². The smallest absolute Gasteiger partial charge is 0.305 e. The zero-order chi connectivity index (χ0) is 28.2. The fourth-order valence-corrected chi connectivity index (χ4v) is 4.82. The molecule has 0 aliphatic carbocycles. The zero-order valence-corrected chi connectivity index (χ0v) is 27.5. The van der Waals surface area contributed by atoms with E-state index in [1.54, 1.807) is 0 Å². The standard InChI is InChI=1S/C30H60NO7.HI/c1-5-6-7-8-9-10-11-12-13-14-15-16-17-18-19-21-26(32)37-24-25-27(33)28(34)29(35)30(38-25)36-23-20-22-31(2,3)4;/h25,27-30,33-35H,5-24H2,1-4H3;1H/q+1;/p-1. The van der Waals surface area contributed by atoms with Gasteiger partial charge >= 0.3 is 5.97 Å².